The number of ether oxygens (including phenoxy) is 1. The van der Waals surface area contributed by atoms with Crippen molar-refractivity contribution in [3.8, 4) is 17.1 Å². The number of fused-ring (bicyclic) bond motifs is 1. The number of rotatable bonds is 5. The van der Waals surface area contributed by atoms with Gasteiger partial charge in [-0.25, -0.2) is 0 Å². The number of hydrogen-bond donors (Lipinski definition) is 1. The van der Waals surface area contributed by atoms with Crippen molar-refractivity contribution in [2.24, 2.45) is 0 Å². The van der Waals surface area contributed by atoms with Gasteiger partial charge in [0, 0.05) is 22.7 Å². The smallest absolute Gasteiger partial charge is 0.236 e. The second kappa shape index (κ2) is 6.78. The van der Waals surface area contributed by atoms with E-state index in [1.54, 1.807) is 7.11 Å². The molecule has 4 aromatic rings. The molecule has 0 spiro atoms. The van der Waals surface area contributed by atoms with Crippen molar-refractivity contribution in [1.82, 2.24) is 5.16 Å². The Balaban J connectivity index is 1.43. The summed E-state index contributed by atoms with van der Waals surface area (Å²) in [4.78, 5) is 13.2. The Morgan fingerprint density at radius 3 is 2.66 bits per heavy atom. The summed E-state index contributed by atoms with van der Waals surface area (Å²) in [6.45, 7) is 0. The van der Waals surface area contributed by atoms with Gasteiger partial charge in [0.05, 0.1) is 18.2 Å². The zero-order chi connectivity index (χ0) is 19.8. The third-order valence-electron chi connectivity index (χ3n) is 5.58. The first-order chi connectivity index (χ1) is 14.2. The van der Waals surface area contributed by atoms with Gasteiger partial charge in [0.1, 0.15) is 5.75 Å². The molecule has 0 aliphatic heterocycles. The van der Waals surface area contributed by atoms with Crippen molar-refractivity contribution < 1.29 is 14.1 Å². The van der Waals surface area contributed by atoms with Gasteiger partial charge in [-0.2, -0.15) is 0 Å². The van der Waals surface area contributed by atoms with Crippen LogP contribution in [-0.4, -0.2) is 18.2 Å². The van der Waals surface area contributed by atoms with E-state index >= 15 is 0 Å². The summed E-state index contributed by atoms with van der Waals surface area (Å²) in [6, 6.07) is 23.4. The van der Waals surface area contributed by atoms with E-state index in [1.165, 1.54) is 0 Å². The maximum atomic E-state index is 13.2. The van der Waals surface area contributed by atoms with Gasteiger partial charge >= 0.3 is 0 Å². The summed E-state index contributed by atoms with van der Waals surface area (Å²) in [5, 5.41) is 9.46. The number of hydrogen-bond acceptors (Lipinski definition) is 4. The number of methoxy groups -OCH3 is 1. The molecule has 1 fully saturated rings. The van der Waals surface area contributed by atoms with Gasteiger partial charge < -0.3 is 14.6 Å². The van der Waals surface area contributed by atoms with Gasteiger partial charge in [-0.1, -0.05) is 53.7 Å². The summed E-state index contributed by atoms with van der Waals surface area (Å²) in [6.07, 6.45) is 1.52. The van der Waals surface area contributed by atoms with Gasteiger partial charge in [-0.3, -0.25) is 4.79 Å². The van der Waals surface area contributed by atoms with E-state index in [-0.39, 0.29) is 5.91 Å². The minimum Gasteiger partial charge on any atom is -0.497 e. The number of carbonyl (C=O) groups is 1. The van der Waals surface area contributed by atoms with E-state index in [4.69, 9.17) is 9.26 Å². The van der Waals surface area contributed by atoms with E-state index < -0.39 is 5.41 Å². The number of benzene rings is 3. The molecular weight excluding hydrogens is 364 g/mol. The van der Waals surface area contributed by atoms with E-state index in [2.05, 4.69) is 10.5 Å². The molecule has 1 heterocycles. The topological polar surface area (TPSA) is 64.4 Å². The predicted molar refractivity (Wildman–Crippen MR) is 112 cm³/mol. The molecule has 0 radical (unpaired) electrons. The van der Waals surface area contributed by atoms with E-state index in [0.29, 0.717) is 11.5 Å². The fourth-order valence-corrected chi connectivity index (χ4v) is 3.71. The quantitative estimate of drug-likeness (QED) is 0.515. The summed E-state index contributed by atoms with van der Waals surface area (Å²) in [5.41, 5.74) is 1.73. The SMILES string of the molecule is COc1cccc(-c2cc(C3(C(=O)Nc4cccc5ccccc45)CC3)no2)c1. The number of nitrogens with one attached hydrogen (secondary N) is 1. The standard InChI is InChI=1S/C24H20N2O3/c1-28-18-9-4-8-17(14-18)21-15-22(26-29-21)24(12-13-24)23(27)25-20-11-5-7-16-6-2-3-10-19(16)20/h2-11,14-15H,12-13H2,1H3,(H,25,27). The van der Waals surface area contributed by atoms with Crippen LogP contribution in [0.4, 0.5) is 5.69 Å². The Kier molecular flexibility index (Phi) is 4.09. The van der Waals surface area contributed by atoms with Crippen LogP contribution in [0.15, 0.2) is 77.3 Å². The molecule has 1 aromatic heterocycles. The van der Waals surface area contributed by atoms with E-state index in [1.807, 2.05) is 72.8 Å². The highest BCUT2D eigenvalue weighted by molar-refractivity contribution is 6.07. The third-order valence-corrected chi connectivity index (χ3v) is 5.58. The summed E-state index contributed by atoms with van der Waals surface area (Å²) < 4.78 is 10.8. The number of aromatic nitrogens is 1. The zero-order valence-corrected chi connectivity index (χ0v) is 16.0. The number of nitrogens with zero attached hydrogens (tertiary/aromatic N) is 1. The molecule has 5 nitrogen and oxygen atoms in total. The Morgan fingerprint density at radius 2 is 1.83 bits per heavy atom. The van der Waals surface area contributed by atoms with Crippen molar-refractivity contribution in [2.45, 2.75) is 18.3 Å². The lowest BCUT2D eigenvalue weighted by atomic mass is 9.99. The van der Waals surface area contributed by atoms with Gasteiger partial charge in [0.2, 0.25) is 5.91 Å². The second-order valence-electron chi connectivity index (χ2n) is 7.37. The zero-order valence-electron chi connectivity index (χ0n) is 16.0. The molecule has 5 heteroatoms. The van der Waals surface area contributed by atoms with Crippen LogP contribution in [0.2, 0.25) is 0 Å². The molecule has 1 amide bonds. The van der Waals surface area contributed by atoms with Crippen LogP contribution < -0.4 is 10.1 Å². The van der Waals surface area contributed by atoms with E-state index in [0.717, 1.165) is 40.6 Å². The maximum absolute atomic E-state index is 13.2. The molecule has 1 N–H and O–H groups in total. The van der Waals surface area contributed by atoms with E-state index in [9.17, 15) is 4.79 Å². The lowest BCUT2D eigenvalue weighted by Gasteiger charge is -2.14. The number of amides is 1. The van der Waals surface area contributed by atoms with Crippen LogP contribution in [0.1, 0.15) is 18.5 Å². The highest BCUT2D eigenvalue weighted by atomic mass is 16.5. The van der Waals surface area contributed by atoms with Gasteiger partial charge in [0.25, 0.3) is 0 Å². The second-order valence-corrected chi connectivity index (χ2v) is 7.37. The maximum Gasteiger partial charge on any atom is 0.236 e. The van der Waals surface area contributed by atoms with Gasteiger partial charge in [-0.15, -0.1) is 0 Å². The molecule has 1 aliphatic rings. The molecular formula is C24H20N2O3. The largest absolute Gasteiger partial charge is 0.497 e. The minimum atomic E-state index is -0.627. The molecule has 0 bridgehead atoms. The Hall–Kier alpha value is -3.60. The van der Waals surface area contributed by atoms with Crippen molar-refractivity contribution in [1.29, 1.82) is 0 Å². The first-order valence-electron chi connectivity index (χ1n) is 9.60. The van der Waals surface area contributed by atoms with Crippen molar-refractivity contribution in [3.63, 3.8) is 0 Å². The molecule has 1 saturated carbocycles. The van der Waals surface area contributed by atoms with Crippen molar-refractivity contribution in [3.05, 3.63) is 78.5 Å². The highest BCUT2D eigenvalue weighted by Crippen LogP contribution is 2.49. The fourth-order valence-electron chi connectivity index (χ4n) is 3.71. The average molecular weight is 384 g/mol. The fraction of sp³-hybridized carbons (Fsp3) is 0.167. The van der Waals surface area contributed by atoms with Crippen molar-refractivity contribution in [2.75, 3.05) is 12.4 Å². The average Bonchev–Trinajstić information content (AvgIpc) is 3.43. The molecule has 0 atom stereocenters. The first-order valence-corrected chi connectivity index (χ1v) is 9.60. The molecule has 5 rings (SSSR count). The minimum absolute atomic E-state index is 0.0423. The third kappa shape index (κ3) is 3.05. The molecule has 0 unspecified atom stereocenters. The van der Waals surface area contributed by atoms with Gasteiger partial charge in [0.15, 0.2) is 5.76 Å². The number of anilines is 1. The first kappa shape index (κ1) is 17.5. The van der Waals surface area contributed by atoms with Crippen molar-refractivity contribution >= 4 is 22.4 Å². The summed E-state index contributed by atoms with van der Waals surface area (Å²) in [5.74, 6) is 1.33. The molecule has 1 aliphatic carbocycles. The number of carbonyl (C=O) groups excluding carboxylic acids is 1. The van der Waals surface area contributed by atoms with Crippen LogP contribution >= 0.6 is 0 Å². The molecule has 144 valence electrons. The van der Waals surface area contributed by atoms with Crippen LogP contribution in [0.5, 0.6) is 5.75 Å². The van der Waals surface area contributed by atoms with Crippen LogP contribution in [0.3, 0.4) is 0 Å². The molecule has 3 aromatic carbocycles. The lowest BCUT2D eigenvalue weighted by Crippen LogP contribution is -2.28. The molecule has 29 heavy (non-hydrogen) atoms. The van der Waals surface area contributed by atoms with Gasteiger partial charge in [-0.05, 0) is 36.4 Å². The molecule has 0 saturated heterocycles. The monoisotopic (exact) mass is 384 g/mol. The van der Waals surface area contributed by atoms with Crippen LogP contribution in [-0.2, 0) is 10.2 Å². The normalized spacial score (nSPS) is 14.5. The van der Waals surface area contributed by atoms with Crippen LogP contribution in [0, 0.1) is 0 Å². The summed E-state index contributed by atoms with van der Waals surface area (Å²) >= 11 is 0. The summed E-state index contributed by atoms with van der Waals surface area (Å²) in [7, 11) is 1.63. The van der Waals surface area contributed by atoms with Crippen LogP contribution in [0.25, 0.3) is 22.1 Å². The lowest BCUT2D eigenvalue weighted by molar-refractivity contribution is -0.118. The Labute approximate surface area is 168 Å². The predicted octanol–water partition coefficient (Wildman–Crippen LogP) is 5.17. The Bertz CT molecular complexity index is 1200. The highest BCUT2D eigenvalue weighted by Gasteiger charge is 2.54. The Morgan fingerprint density at radius 1 is 1.03 bits per heavy atom.